The molecule has 0 spiro atoms. The van der Waals surface area contributed by atoms with E-state index >= 15 is 0 Å². The van der Waals surface area contributed by atoms with Gasteiger partial charge in [0.25, 0.3) is 0 Å². The Hall–Kier alpha value is -1.41. The summed E-state index contributed by atoms with van der Waals surface area (Å²) >= 11 is 0. The van der Waals surface area contributed by atoms with E-state index in [1.165, 1.54) is 0 Å². The molecule has 6 heteroatoms. The lowest BCUT2D eigenvalue weighted by Gasteiger charge is -2.24. The fourth-order valence-corrected chi connectivity index (χ4v) is 3.05. The average molecular weight is 454 g/mol. The van der Waals surface area contributed by atoms with Crippen molar-refractivity contribution in [2.24, 2.45) is 4.99 Å². The highest BCUT2D eigenvalue weighted by Crippen LogP contribution is 2.23. The number of para-hydroxylation sites is 1. The second-order valence-corrected chi connectivity index (χ2v) is 6.44. The van der Waals surface area contributed by atoms with Crippen LogP contribution in [0.2, 0.25) is 0 Å². The molecule has 1 unspecified atom stereocenters. The van der Waals surface area contributed by atoms with Gasteiger partial charge >= 0.3 is 0 Å². The fraction of sp³-hybridized carbons (Fsp3) is 0.474. The van der Waals surface area contributed by atoms with Gasteiger partial charge < -0.3 is 15.4 Å². The summed E-state index contributed by atoms with van der Waals surface area (Å²) in [7, 11) is 0. The number of nitrogens with zero attached hydrogens (tertiary/aromatic N) is 2. The first kappa shape index (κ1) is 19.9. The number of halogens is 1. The third-order valence-electron chi connectivity index (χ3n) is 4.40. The first-order valence-corrected chi connectivity index (χ1v) is 8.69. The lowest BCUT2D eigenvalue weighted by molar-refractivity contribution is 0.0243. The second kappa shape index (κ2) is 9.33. The number of guanidine groups is 1. The summed E-state index contributed by atoms with van der Waals surface area (Å²) in [6.07, 6.45) is 4.05. The topological polar surface area (TPSA) is 58.5 Å². The minimum absolute atomic E-state index is 0. The summed E-state index contributed by atoms with van der Waals surface area (Å²) in [5, 5.41) is 7.87. The van der Waals surface area contributed by atoms with Crippen LogP contribution in [0.25, 0.3) is 10.9 Å². The minimum Gasteiger partial charge on any atom is -0.373 e. The van der Waals surface area contributed by atoms with Crippen LogP contribution in [0.3, 0.4) is 0 Å². The summed E-state index contributed by atoms with van der Waals surface area (Å²) in [5.41, 5.74) is 2.07. The molecule has 0 saturated carbocycles. The second-order valence-electron chi connectivity index (χ2n) is 6.44. The van der Waals surface area contributed by atoms with Crippen LogP contribution in [0.15, 0.2) is 41.5 Å². The van der Waals surface area contributed by atoms with Crippen molar-refractivity contribution >= 4 is 40.8 Å². The molecule has 1 fully saturated rings. The predicted octanol–water partition coefficient (Wildman–Crippen LogP) is 3.48. The number of hydrogen-bond acceptors (Lipinski definition) is 3. The lowest BCUT2D eigenvalue weighted by atomic mass is 10.0. The molecule has 0 amide bonds. The van der Waals surface area contributed by atoms with Crippen molar-refractivity contribution in [3.63, 3.8) is 0 Å². The maximum atomic E-state index is 5.83. The van der Waals surface area contributed by atoms with E-state index in [1.54, 1.807) is 0 Å². The van der Waals surface area contributed by atoms with Crippen molar-refractivity contribution in [1.29, 1.82) is 0 Å². The van der Waals surface area contributed by atoms with E-state index in [4.69, 9.17) is 9.73 Å². The molecule has 1 aliphatic heterocycles. The molecule has 1 aliphatic rings. The van der Waals surface area contributed by atoms with Crippen molar-refractivity contribution in [2.75, 3.05) is 19.7 Å². The Kier molecular flexibility index (Phi) is 7.43. The third kappa shape index (κ3) is 5.28. The number of aliphatic imine (C=N–C) groups is 1. The SMILES string of the molecule is CCNC(=NCc1cccc2cccnc12)NCC1(C)CCCO1.I. The van der Waals surface area contributed by atoms with E-state index in [-0.39, 0.29) is 29.6 Å². The Morgan fingerprint density at radius 3 is 2.88 bits per heavy atom. The zero-order chi connectivity index (χ0) is 16.8. The van der Waals surface area contributed by atoms with Gasteiger partial charge in [-0.05, 0) is 38.3 Å². The van der Waals surface area contributed by atoms with Crippen LogP contribution in [0.4, 0.5) is 0 Å². The van der Waals surface area contributed by atoms with E-state index in [1.807, 2.05) is 12.3 Å². The van der Waals surface area contributed by atoms with Gasteiger partial charge in [0.05, 0.1) is 17.7 Å². The highest BCUT2D eigenvalue weighted by atomic mass is 127. The van der Waals surface area contributed by atoms with Crippen LogP contribution in [0, 0.1) is 0 Å². The van der Waals surface area contributed by atoms with E-state index < -0.39 is 0 Å². The van der Waals surface area contributed by atoms with E-state index in [0.717, 1.165) is 55.0 Å². The maximum absolute atomic E-state index is 5.83. The molecule has 25 heavy (non-hydrogen) atoms. The van der Waals surface area contributed by atoms with E-state index in [0.29, 0.717) is 6.54 Å². The predicted molar refractivity (Wildman–Crippen MR) is 114 cm³/mol. The standard InChI is InChI=1S/C19H26N4O.HI/c1-3-20-18(23-14-19(2)10-6-12-24-19)22-13-16-8-4-7-15-9-5-11-21-17(15)16;/h4-5,7-9,11H,3,6,10,12-14H2,1-2H3,(H2,20,22,23);1H. The van der Waals surface area contributed by atoms with Gasteiger partial charge in [0.1, 0.15) is 0 Å². The average Bonchev–Trinajstić information content (AvgIpc) is 3.04. The number of ether oxygens (including phenoxy) is 1. The molecular formula is C19H27IN4O. The zero-order valence-electron chi connectivity index (χ0n) is 14.9. The van der Waals surface area contributed by atoms with Gasteiger partial charge in [0.2, 0.25) is 0 Å². The number of pyridine rings is 1. The molecule has 1 aromatic carbocycles. The van der Waals surface area contributed by atoms with Crippen LogP contribution in [0.5, 0.6) is 0 Å². The van der Waals surface area contributed by atoms with Gasteiger partial charge in [0, 0.05) is 31.3 Å². The van der Waals surface area contributed by atoms with Crippen molar-refractivity contribution in [2.45, 2.75) is 38.8 Å². The normalized spacial score (nSPS) is 20.3. The molecule has 0 radical (unpaired) electrons. The maximum Gasteiger partial charge on any atom is 0.191 e. The van der Waals surface area contributed by atoms with Crippen molar-refractivity contribution in [1.82, 2.24) is 15.6 Å². The smallest absolute Gasteiger partial charge is 0.191 e. The van der Waals surface area contributed by atoms with E-state index in [9.17, 15) is 0 Å². The zero-order valence-corrected chi connectivity index (χ0v) is 17.2. The Morgan fingerprint density at radius 2 is 2.12 bits per heavy atom. The van der Waals surface area contributed by atoms with E-state index in [2.05, 4.69) is 53.7 Å². The first-order chi connectivity index (χ1) is 11.7. The highest BCUT2D eigenvalue weighted by Gasteiger charge is 2.29. The largest absolute Gasteiger partial charge is 0.373 e. The third-order valence-corrected chi connectivity index (χ3v) is 4.40. The Morgan fingerprint density at radius 1 is 1.28 bits per heavy atom. The molecule has 1 aromatic heterocycles. The first-order valence-electron chi connectivity index (χ1n) is 8.69. The summed E-state index contributed by atoms with van der Waals surface area (Å²) in [4.78, 5) is 9.22. The van der Waals surface area contributed by atoms with Crippen molar-refractivity contribution in [3.05, 3.63) is 42.1 Å². The Labute approximate surface area is 166 Å². The highest BCUT2D eigenvalue weighted by molar-refractivity contribution is 14.0. The summed E-state index contributed by atoms with van der Waals surface area (Å²) in [5.74, 6) is 0.821. The fourth-order valence-electron chi connectivity index (χ4n) is 3.05. The lowest BCUT2D eigenvalue weighted by Crippen LogP contribution is -2.45. The van der Waals surface area contributed by atoms with Crippen LogP contribution >= 0.6 is 24.0 Å². The molecule has 5 nitrogen and oxygen atoms in total. The van der Waals surface area contributed by atoms with Crippen molar-refractivity contribution in [3.8, 4) is 0 Å². The van der Waals surface area contributed by atoms with Crippen molar-refractivity contribution < 1.29 is 4.74 Å². The molecule has 136 valence electrons. The molecule has 1 atom stereocenters. The summed E-state index contributed by atoms with van der Waals surface area (Å²) < 4.78 is 5.83. The summed E-state index contributed by atoms with van der Waals surface area (Å²) in [6, 6.07) is 10.3. The molecule has 1 saturated heterocycles. The summed E-state index contributed by atoms with van der Waals surface area (Å²) in [6.45, 7) is 7.29. The Balaban J connectivity index is 0.00000225. The molecule has 2 N–H and O–H groups in total. The molecule has 0 aliphatic carbocycles. The van der Waals surface area contributed by atoms with Gasteiger partial charge in [-0.25, -0.2) is 4.99 Å². The Bertz CT molecular complexity index is 708. The molecular weight excluding hydrogens is 427 g/mol. The van der Waals surface area contributed by atoms with Gasteiger partial charge in [-0.2, -0.15) is 0 Å². The number of rotatable bonds is 5. The minimum atomic E-state index is -0.0861. The molecule has 2 aromatic rings. The number of nitrogens with one attached hydrogen (secondary N) is 2. The van der Waals surface area contributed by atoms with Gasteiger partial charge in [-0.1, -0.05) is 24.3 Å². The van der Waals surface area contributed by atoms with Gasteiger partial charge in [-0.15, -0.1) is 24.0 Å². The number of hydrogen-bond donors (Lipinski definition) is 2. The quantitative estimate of drug-likeness (QED) is 0.413. The molecule has 0 bridgehead atoms. The van der Waals surface area contributed by atoms with Crippen LogP contribution in [-0.2, 0) is 11.3 Å². The van der Waals surface area contributed by atoms with Crippen LogP contribution in [0.1, 0.15) is 32.3 Å². The molecule has 2 heterocycles. The van der Waals surface area contributed by atoms with Crippen LogP contribution in [-0.4, -0.2) is 36.2 Å². The van der Waals surface area contributed by atoms with Gasteiger partial charge in [-0.3, -0.25) is 4.98 Å². The number of aromatic nitrogens is 1. The van der Waals surface area contributed by atoms with Crippen LogP contribution < -0.4 is 10.6 Å². The van der Waals surface area contributed by atoms with Gasteiger partial charge in [0.15, 0.2) is 5.96 Å². The monoisotopic (exact) mass is 454 g/mol. The molecule has 3 rings (SSSR count). The number of fused-ring (bicyclic) bond motifs is 1. The number of benzene rings is 1.